The molecule has 0 saturated heterocycles. The van der Waals surface area contributed by atoms with Gasteiger partial charge < -0.3 is 19.5 Å². The van der Waals surface area contributed by atoms with Gasteiger partial charge in [0.15, 0.2) is 11.5 Å². The zero-order chi connectivity index (χ0) is 17.1. The van der Waals surface area contributed by atoms with Gasteiger partial charge in [-0.25, -0.2) is 4.39 Å². The number of carbonyl (C=O) groups excluding carboxylic acids is 2. The Morgan fingerprint density at radius 1 is 1.12 bits per heavy atom. The first-order valence-corrected chi connectivity index (χ1v) is 7.35. The Kier molecular flexibility index (Phi) is 4.33. The molecule has 0 unspecified atom stereocenters. The van der Waals surface area contributed by atoms with Crippen LogP contribution in [0, 0.1) is 12.7 Å². The second kappa shape index (κ2) is 6.57. The van der Waals surface area contributed by atoms with Crippen LogP contribution in [0.3, 0.4) is 0 Å². The second-order valence-electron chi connectivity index (χ2n) is 5.19. The number of rotatable bonds is 5. The summed E-state index contributed by atoms with van der Waals surface area (Å²) in [4.78, 5) is 23.8. The highest BCUT2D eigenvalue weighted by atomic mass is 19.1. The van der Waals surface area contributed by atoms with Crippen LogP contribution in [0.5, 0.6) is 0 Å². The molecule has 0 fully saturated rings. The van der Waals surface area contributed by atoms with Gasteiger partial charge in [0.25, 0.3) is 11.8 Å². The second-order valence-corrected chi connectivity index (χ2v) is 5.19. The van der Waals surface area contributed by atoms with Gasteiger partial charge in [-0.1, -0.05) is 0 Å². The molecule has 0 atom stereocenters. The SMILES string of the molecule is Cc1c(C(=O)NCCNC(=O)c2ccco2)oc2ccc(F)cc12. The van der Waals surface area contributed by atoms with Crippen molar-refractivity contribution in [2.24, 2.45) is 0 Å². The van der Waals surface area contributed by atoms with Crippen LogP contribution in [0.4, 0.5) is 4.39 Å². The third-order valence-corrected chi connectivity index (χ3v) is 3.55. The summed E-state index contributed by atoms with van der Waals surface area (Å²) >= 11 is 0. The Bertz CT molecular complexity index is 884. The van der Waals surface area contributed by atoms with E-state index in [1.807, 2.05) is 0 Å². The van der Waals surface area contributed by atoms with Gasteiger partial charge in [0.2, 0.25) is 0 Å². The van der Waals surface area contributed by atoms with Crippen molar-refractivity contribution >= 4 is 22.8 Å². The molecule has 3 rings (SSSR count). The van der Waals surface area contributed by atoms with Crippen molar-refractivity contribution in [1.82, 2.24) is 10.6 Å². The van der Waals surface area contributed by atoms with E-state index in [2.05, 4.69) is 10.6 Å². The zero-order valence-electron chi connectivity index (χ0n) is 12.9. The third-order valence-electron chi connectivity index (χ3n) is 3.55. The number of nitrogens with one attached hydrogen (secondary N) is 2. The lowest BCUT2D eigenvalue weighted by atomic mass is 10.1. The maximum atomic E-state index is 13.3. The number of fused-ring (bicyclic) bond motifs is 1. The molecule has 0 radical (unpaired) electrons. The molecule has 2 heterocycles. The fourth-order valence-corrected chi connectivity index (χ4v) is 2.34. The molecule has 0 saturated carbocycles. The number of aryl methyl sites for hydroxylation is 1. The fourth-order valence-electron chi connectivity index (χ4n) is 2.34. The third kappa shape index (κ3) is 3.15. The van der Waals surface area contributed by atoms with Gasteiger partial charge in [0.05, 0.1) is 6.26 Å². The van der Waals surface area contributed by atoms with Gasteiger partial charge in [-0.05, 0) is 37.3 Å². The van der Waals surface area contributed by atoms with Gasteiger partial charge in [0.1, 0.15) is 11.4 Å². The van der Waals surface area contributed by atoms with Gasteiger partial charge in [0, 0.05) is 24.0 Å². The minimum atomic E-state index is -0.420. The molecule has 0 aliphatic heterocycles. The molecule has 2 N–H and O–H groups in total. The number of furan rings is 2. The van der Waals surface area contributed by atoms with Crippen LogP contribution in [0.1, 0.15) is 26.7 Å². The fraction of sp³-hybridized carbons (Fsp3) is 0.176. The predicted molar refractivity (Wildman–Crippen MR) is 84.3 cm³/mol. The van der Waals surface area contributed by atoms with Crippen molar-refractivity contribution in [3.05, 3.63) is 59.5 Å². The molecule has 0 aliphatic rings. The quantitative estimate of drug-likeness (QED) is 0.704. The van der Waals surface area contributed by atoms with E-state index in [4.69, 9.17) is 8.83 Å². The van der Waals surface area contributed by atoms with Crippen molar-refractivity contribution < 1.29 is 22.8 Å². The van der Waals surface area contributed by atoms with Gasteiger partial charge in [-0.3, -0.25) is 9.59 Å². The van der Waals surface area contributed by atoms with Crippen molar-refractivity contribution in [3.8, 4) is 0 Å². The molecule has 2 amide bonds. The van der Waals surface area contributed by atoms with Gasteiger partial charge >= 0.3 is 0 Å². The number of hydrogen-bond donors (Lipinski definition) is 2. The number of halogens is 1. The topological polar surface area (TPSA) is 84.5 Å². The van der Waals surface area contributed by atoms with Crippen molar-refractivity contribution in [1.29, 1.82) is 0 Å². The molecule has 0 bridgehead atoms. The van der Waals surface area contributed by atoms with Gasteiger partial charge in [-0.2, -0.15) is 0 Å². The zero-order valence-corrected chi connectivity index (χ0v) is 12.9. The summed E-state index contributed by atoms with van der Waals surface area (Å²) in [5.41, 5.74) is 1.02. The number of carbonyl (C=O) groups is 2. The predicted octanol–water partition coefficient (Wildman–Crippen LogP) is 2.63. The van der Waals surface area contributed by atoms with E-state index in [0.717, 1.165) is 0 Å². The van der Waals surface area contributed by atoms with Crippen LogP contribution < -0.4 is 10.6 Å². The van der Waals surface area contributed by atoms with E-state index in [9.17, 15) is 14.0 Å². The Hall–Kier alpha value is -3.09. The largest absolute Gasteiger partial charge is 0.459 e. The lowest BCUT2D eigenvalue weighted by Crippen LogP contribution is -2.34. The molecular weight excluding hydrogens is 315 g/mol. The molecule has 124 valence electrons. The van der Waals surface area contributed by atoms with E-state index in [-0.39, 0.29) is 36.3 Å². The Morgan fingerprint density at radius 3 is 2.58 bits per heavy atom. The van der Waals surface area contributed by atoms with Crippen LogP contribution in [-0.2, 0) is 0 Å². The summed E-state index contributed by atoms with van der Waals surface area (Å²) in [5.74, 6) is -0.829. The van der Waals surface area contributed by atoms with Crippen LogP contribution >= 0.6 is 0 Å². The normalized spacial score (nSPS) is 10.8. The summed E-state index contributed by atoms with van der Waals surface area (Å²) in [6.07, 6.45) is 1.41. The Balaban J connectivity index is 1.57. The summed E-state index contributed by atoms with van der Waals surface area (Å²) in [7, 11) is 0. The summed E-state index contributed by atoms with van der Waals surface area (Å²) in [6, 6.07) is 7.25. The van der Waals surface area contributed by atoms with E-state index < -0.39 is 5.91 Å². The van der Waals surface area contributed by atoms with Crippen LogP contribution in [0.25, 0.3) is 11.0 Å². The molecule has 24 heavy (non-hydrogen) atoms. The number of amides is 2. The Labute approximate surface area is 136 Å². The van der Waals surface area contributed by atoms with E-state index in [1.54, 1.807) is 19.1 Å². The highest BCUT2D eigenvalue weighted by Crippen LogP contribution is 2.25. The summed E-state index contributed by atoms with van der Waals surface area (Å²) in [5, 5.41) is 5.82. The first-order valence-electron chi connectivity index (χ1n) is 7.35. The number of benzene rings is 1. The lowest BCUT2D eigenvalue weighted by Gasteiger charge is -2.05. The van der Waals surface area contributed by atoms with Crippen molar-refractivity contribution in [2.45, 2.75) is 6.92 Å². The first kappa shape index (κ1) is 15.8. The Morgan fingerprint density at radius 2 is 1.88 bits per heavy atom. The maximum absolute atomic E-state index is 13.3. The highest BCUT2D eigenvalue weighted by molar-refractivity contribution is 5.99. The molecule has 2 aromatic heterocycles. The molecule has 6 nitrogen and oxygen atoms in total. The van der Waals surface area contributed by atoms with E-state index in [0.29, 0.717) is 16.5 Å². The minimum absolute atomic E-state index is 0.132. The molecule has 7 heteroatoms. The van der Waals surface area contributed by atoms with Crippen LogP contribution in [0.15, 0.2) is 45.4 Å². The smallest absolute Gasteiger partial charge is 0.287 e. The first-order chi connectivity index (χ1) is 11.6. The van der Waals surface area contributed by atoms with Crippen LogP contribution in [-0.4, -0.2) is 24.9 Å². The van der Waals surface area contributed by atoms with Crippen molar-refractivity contribution in [2.75, 3.05) is 13.1 Å². The highest BCUT2D eigenvalue weighted by Gasteiger charge is 2.17. The minimum Gasteiger partial charge on any atom is -0.459 e. The molecule has 0 spiro atoms. The molecule has 0 aliphatic carbocycles. The van der Waals surface area contributed by atoms with Crippen LogP contribution in [0.2, 0.25) is 0 Å². The standard InChI is InChI=1S/C17H15FN2O4/c1-10-12-9-11(18)4-5-13(12)24-15(10)17(22)20-7-6-19-16(21)14-3-2-8-23-14/h2-5,8-9H,6-7H2,1H3,(H,19,21)(H,20,22). The monoisotopic (exact) mass is 330 g/mol. The molecular formula is C17H15FN2O4. The summed E-state index contributed by atoms with van der Waals surface area (Å²) < 4.78 is 23.7. The maximum Gasteiger partial charge on any atom is 0.287 e. The van der Waals surface area contributed by atoms with Gasteiger partial charge in [-0.15, -0.1) is 0 Å². The average molecular weight is 330 g/mol. The average Bonchev–Trinajstić information content (AvgIpc) is 3.20. The van der Waals surface area contributed by atoms with E-state index in [1.165, 1.54) is 24.5 Å². The lowest BCUT2D eigenvalue weighted by molar-refractivity contribution is 0.0901. The number of hydrogen-bond acceptors (Lipinski definition) is 4. The van der Waals surface area contributed by atoms with E-state index >= 15 is 0 Å². The molecule has 3 aromatic rings. The molecule has 1 aromatic carbocycles. The van der Waals surface area contributed by atoms with Crippen molar-refractivity contribution in [3.63, 3.8) is 0 Å². The summed E-state index contributed by atoms with van der Waals surface area (Å²) in [6.45, 7) is 2.15.